The number of hydrogen-bond acceptors (Lipinski definition) is 4. The molecule has 1 aromatic heterocycles. The molecule has 1 aliphatic rings. The maximum absolute atomic E-state index is 11.2. The molecule has 0 bridgehead atoms. The summed E-state index contributed by atoms with van der Waals surface area (Å²) in [4.78, 5) is 17.6. The molecule has 1 aromatic rings. The van der Waals surface area contributed by atoms with Crippen molar-refractivity contribution in [2.24, 2.45) is 0 Å². The highest BCUT2D eigenvalue weighted by Gasteiger charge is 2.18. The van der Waals surface area contributed by atoms with E-state index in [1.165, 1.54) is 0 Å². The third kappa shape index (κ3) is 2.39. The number of aliphatic hydroxyl groups excluding tert-OH is 1. The van der Waals surface area contributed by atoms with Crippen molar-refractivity contribution >= 4 is 11.6 Å². The van der Waals surface area contributed by atoms with Crippen molar-refractivity contribution in [2.75, 3.05) is 18.0 Å². The van der Waals surface area contributed by atoms with E-state index in [2.05, 4.69) is 9.88 Å². The molecule has 86 valence electrons. The van der Waals surface area contributed by atoms with Crippen LogP contribution in [0.5, 0.6) is 0 Å². The van der Waals surface area contributed by atoms with Gasteiger partial charge in [-0.1, -0.05) is 0 Å². The molecular weight excluding hydrogens is 204 g/mol. The van der Waals surface area contributed by atoms with E-state index in [0.717, 1.165) is 31.7 Å². The second-order valence-electron chi connectivity index (χ2n) is 4.18. The largest absolute Gasteiger partial charge is 0.393 e. The van der Waals surface area contributed by atoms with Gasteiger partial charge in [0.2, 0.25) is 0 Å². The first kappa shape index (κ1) is 11.1. The number of Topliss-reactive ketones (excluding diaryl/α,β-unsaturated/α-hetero) is 1. The van der Waals surface area contributed by atoms with E-state index in [4.69, 9.17) is 0 Å². The van der Waals surface area contributed by atoms with Gasteiger partial charge in [0, 0.05) is 24.8 Å². The summed E-state index contributed by atoms with van der Waals surface area (Å²) in [5, 5.41) is 9.42. The molecule has 0 amide bonds. The highest BCUT2D eigenvalue weighted by Crippen LogP contribution is 2.18. The van der Waals surface area contributed by atoms with E-state index in [1.54, 1.807) is 19.2 Å². The number of pyridine rings is 1. The third-order valence-corrected chi connectivity index (χ3v) is 2.94. The van der Waals surface area contributed by atoms with E-state index >= 15 is 0 Å². The summed E-state index contributed by atoms with van der Waals surface area (Å²) >= 11 is 0. The van der Waals surface area contributed by atoms with Gasteiger partial charge in [-0.25, -0.2) is 4.98 Å². The zero-order valence-corrected chi connectivity index (χ0v) is 9.39. The lowest BCUT2D eigenvalue weighted by Gasteiger charge is -2.30. The molecule has 0 saturated carbocycles. The van der Waals surface area contributed by atoms with Crippen LogP contribution >= 0.6 is 0 Å². The predicted molar refractivity (Wildman–Crippen MR) is 61.7 cm³/mol. The van der Waals surface area contributed by atoms with Gasteiger partial charge in [-0.15, -0.1) is 0 Å². The quantitative estimate of drug-likeness (QED) is 0.762. The van der Waals surface area contributed by atoms with Gasteiger partial charge in [0.05, 0.1) is 6.10 Å². The molecule has 2 heterocycles. The number of rotatable bonds is 2. The van der Waals surface area contributed by atoms with Crippen LogP contribution in [0.3, 0.4) is 0 Å². The Kier molecular flexibility index (Phi) is 3.19. The monoisotopic (exact) mass is 220 g/mol. The van der Waals surface area contributed by atoms with Gasteiger partial charge in [0.15, 0.2) is 5.78 Å². The van der Waals surface area contributed by atoms with Crippen molar-refractivity contribution in [1.29, 1.82) is 0 Å². The first-order valence-corrected chi connectivity index (χ1v) is 5.57. The van der Waals surface area contributed by atoms with Crippen LogP contribution in [0.15, 0.2) is 18.3 Å². The SMILES string of the molecule is CC(=O)c1ccnc(N2CCC(O)CC2)c1. The van der Waals surface area contributed by atoms with Crippen molar-refractivity contribution < 1.29 is 9.90 Å². The van der Waals surface area contributed by atoms with Crippen molar-refractivity contribution in [1.82, 2.24) is 4.98 Å². The average molecular weight is 220 g/mol. The molecule has 0 atom stereocenters. The fourth-order valence-corrected chi connectivity index (χ4v) is 1.91. The number of piperidine rings is 1. The van der Waals surface area contributed by atoms with Gasteiger partial charge < -0.3 is 10.0 Å². The Labute approximate surface area is 94.9 Å². The summed E-state index contributed by atoms with van der Waals surface area (Å²) in [5.41, 5.74) is 0.691. The molecule has 2 rings (SSSR count). The van der Waals surface area contributed by atoms with Crippen LogP contribution in [0, 0.1) is 0 Å². The molecule has 4 heteroatoms. The standard InChI is InChI=1S/C12H16N2O2/c1-9(15)10-2-5-13-12(8-10)14-6-3-11(16)4-7-14/h2,5,8,11,16H,3-4,6-7H2,1H3. The highest BCUT2D eigenvalue weighted by molar-refractivity contribution is 5.94. The van der Waals surface area contributed by atoms with Crippen molar-refractivity contribution in [2.45, 2.75) is 25.9 Å². The van der Waals surface area contributed by atoms with E-state index in [9.17, 15) is 9.90 Å². The molecule has 16 heavy (non-hydrogen) atoms. The van der Waals surface area contributed by atoms with Gasteiger partial charge >= 0.3 is 0 Å². The molecule has 0 aromatic carbocycles. The van der Waals surface area contributed by atoms with Gasteiger partial charge in [0.25, 0.3) is 0 Å². The van der Waals surface area contributed by atoms with Crippen molar-refractivity contribution in [3.63, 3.8) is 0 Å². The van der Waals surface area contributed by atoms with Crippen LogP contribution in [-0.4, -0.2) is 35.1 Å². The lowest BCUT2D eigenvalue weighted by Crippen LogP contribution is -2.36. The Balaban J connectivity index is 2.14. The maximum Gasteiger partial charge on any atom is 0.159 e. The number of carbonyl (C=O) groups is 1. The summed E-state index contributed by atoms with van der Waals surface area (Å²) in [5.74, 6) is 0.889. The zero-order valence-electron chi connectivity index (χ0n) is 9.39. The smallest absolute Gasteiger partial charge is 0.159 e. The summed E-state index contributed by atoms with van der Waals surface area (Å²) in [6.45, 7) is 3.16. The predicted octanol–water partition coefficient (Wildman–Crippen LogP) is 1.25. The molecule has 0 radical (unpaired) electrons. The normalized spacial score (nSPS) is 17.5. The second-order valence-corrected chi connectivity index (χ2v) is 4.18. The van der Waals surface area contributed by atoms with Crippen molar-refractivity contribution in [3.05, 3.63) is 23.9 Å². The lowest BCUT2D eigenvalue weighted by atomic mass is 10.1. The molecule has 4 nitrogen and oxygen atoms in total. The average Bonchev–Trinajstić information content (AvgIpc) is 2.30. The summed E-state index contributed by atoms with van der Waals surface area (Å²) in [6, 6.07) is 3.55. The summed E-state index contributed by atoms with van der Waals surface area (Å²) in [7, 11) is 0. The lowest BCUT2D eigenvalue weighted by molar-refractivity contribution is 0.101. The third-order valence-electron chi connectivity index (χ3n) is 2.94. The molecule has 0 spiro atoms. The van der Waals surface area contributed by atoms with Crippen molar-refractivity contribution in [3.8, 4) is 0 Å². The number of carbonyl (C=O) groups excluding carboxylic acids is 1. The Morgan fingerprint density at radius 2 is 2.19 bits per heavy atom. The minimum Gasteiger partial charge on any atom is -0.393 e. The number of nitrogens with zero attached hydrogens (tertiary/aromatic N) is 2. The Morgan fingerprint density at radius 3 is 2.81 bits per heavy atom. The van der Waals surface area contributed by atoms with Gasteiger partial charge in [0.1, 0.15) is 5.82 Å². The van der Waals surface area contributed by atoms with Crippen LogP contribution in [0.25, 0.3) is 0 Å². The first-order chi connectivity index (χ1) is 7.66. The van der Waals surface area contributed by atoms with E-state index in [0.29, 0.717) is 5.56 Å². The fourth-order valence-electron chi connectivity index (χ4n) is 1.91. The van der Waals surface area contributed by atoms with E-state index in [1.807, 2.05) is 6.07 Å². The Hall–Kier alpha value is -1.42. The minimum absolute atomic E-state index is 0.0562. The summed E-state index contributed by atoms with van der Waals surface area (Å²) < 4.78 is 0. The second kappa shape index (κ2) is 4.61. The topological polar surface area (TPSA) is 53.4 Å². The maximum atomic E-state index is 11.2. The first-order valence-electron chi connectivity index (χ1n) is 5.57. The molecular formula is C12H16N2O2. The van der Waals surface area contributed by atoms with Crippen LogP contribution in [-0.2, 0) is 0 Å². The van der Waals surface area contributed by atoms with Gasteiger partial charge in [-0.05, 0) is 31.9 Å². The van der Waals surface area contributed by atoms with Gasteiger partial charge in [-0.3, -0.25) is 4.79 Å². The molecule has 1 N–H and O–H groups in total. The van der Waals surface area contributed by atoms with Crippen LogP contribution < -0.4 is 4.90 Å². The summed E-state index contributed by atoms with van der Waals surface area (Å²) in [6.07, 6.45) is 3.02. The van der Waals surface area contributed by atoms with Crippen LogP contribution in [0.1, 0.15) is 30.1 Å². The fraction of sp³-hybridized carbons (Fsp3) is 0.500. The molecule has 1 aliphatic heterocycles. The van der Waals surface area contributed by atoms with E-state index in [-0.39, 0.29) is 11.9 Å². The van der Waals surface area contributed by atoms with Gasteiger partial charge in [-0.2, -0.15) is 0 Å². The molecule has 0 aliphatic carbocycles. The number of ketones is 1. The Bertz CT molecular complexity index is 384. The van der Waals surface area contributed by atoms with E-state index < -0.39 is 0 Å². The molecule has 1 saturated heterocycles. The number of hydrogen-bond donors (Lipinski definition) is 1. The molecule has 0 unspecified atom stereocenters. The Morgan fingerprint density at radius 1 is 1.50 bits per heavy atom. The highest BCUT2D eigenvalue weighted by atomic mass is 16.3. The number of aromatic nitrogens is 1. The number of aliphatic hydroxyl groups is 1. The molecule has 1 fully saturated rings. The van der Waals surface area contributed by atoms with Crippen LogP contribution in [0.2, 0.25) is 0 Å². The minimum atomic E-state index is -0.188. The number of anilines is 1. The van der Waals surface area contributed by atoms with Crippen LogP contribution in [0.4, 0.5) is 5.82 Å². The zero-order chi connectivity index (χ0) is 11.5.